The molecule has 6 nitrogen and oxygen atoms in total. The minimum absolute atomic E-state index is 0.142. The average Bonchev–Trinajstić information content (AvgIpc) is 3.43. The summed E-state index contributed by atoms with van der Waals surface area (Å²) in [5, 5.41) is 9.62. The standard InChI is InChI=1S/C19H36N4O2/c1-2-20-19(21-12-6-14-25-15-16-9-10-16)22-13-11-18(24)23-17-7-4-3-5-8-17/h16-17H,2-15H2,1H3,(H,23,24)(H2,20,21,22). The first-order valence-corrected chi connectivity index (χ1v) is 10.2. The molecule has 0 unspecified atom stereocenters. The van der Waals surface area contributed by atoms with E-state index in [9.17, 15) is 4.79 Å². The van der Waals surface area contributed by atoms with Crippen molar-refractivity contribution in [3.05, 3.63) is 0 Å². The molecule has 0 spiro atoms. The van der Waals surface area contributed by atoms with Crippen molar-refractivity contribution in [3.63, 3.8) is 0 Å². The molecule has 0 heterocycles. The number of nitrogens with one attached hydrogen (secondary N) is 3. The average molecular weight is 353 g/mol. The fraction of sp³-hybridized carbons (Fsp3) is 0.895. The van der Waals surface area contributed by atoms with Gasteiger partial charge in [-0.3, -0.25) is 9.79 Å². The Bertz CT molecular complexity index is 404. The van der Waals surface area contributed by atoms with Gasteiger partial charge in [0.25, 0.3) is 0 Å². The number of ether oxygens (including phenoxy) is 1. The summed E-state index contributed by atoms with van der Waals surface area (Å²) in [6.07, 6.45) is 10.1. The third-order valence-electron chi connectivity index (χ3n) is 4.73. The first-order valence-electron chi connectivity index (χ1n) is 10.2. The third-order valence-corrected chi connectivity index (χ3v) is 4.73. The zero-order chi connectivity index (χ0) is 17.7. The van der Waals surface area contributed by atoms with Crippen LogP contribution in [0.15, 0.2) is 4.99 Å². The van der Waals surface area contributed by atoms with Crippen molar-refractivity contribution in [3.8, 4) is 0 Å². The lowest BCUT2D eigenvalue weighted by molar-refractivity contribution is -0.121. The number of nitrogens with zero attached hydrogens (tertiary/aromatic N) is 1. The number of carbonyl (C=O) groups is 1. The summed E-state index contributed by atoms with van der Waals surface area (Å²) in [6.45, 7) is 5.92. The van der Waals surface area contributed by atoms with Gasteiger partial charge in [0.1, 0.15) is 0 Å². The fourth-order valence-corrected chi connectivity index (χ4v) is 3.07. The molecule has 0 aromatic carbocycles. The number of carbonyl (C=O) groups excluding carboxylic acids is 1. The van der Waals surface area contributed by atoms with Crippen LogP contribution in [0.25, 0.3) is 0 Å². The maximum Gasteiger partial charge on any atom is 0.221 e. The Kier molecular flexibility index (Phi) is 9.70. The fourth-order valence-electron chi connectivity index (χ4n) is 3.07. The van der Waals surface area contributed by atoms with Gasteiger partial charge in [-0.05, 0) is 44.9 Å². The van der Waals surface area contributed by atoms with Crippen molar-refractivity contribution < 1.29 is 9.53 Å². The number of rotatable bonds is 11. The summed E-state index contributed by atoms with van der Waals surface area (Å²) in [5.74, 6) is 1.75. The summed E-state index contributed by atoms with van der Waals surface area (Å²) < 4.78 is 5.62. The van der Waals surface area contributed by atoms with Crippen molar-refractivity contribution in [2.75, 3.05) is 32.8 Å². The second-order valence-electron chi connectivity index (χ2n) is 7.21. The largest absolute Gasteiger partial charge is 0.381 e. The van der Waals surface area contributed by atoms with Crippen LogP contribution in [0.3, 0.4) is 0 Å². The zero-order valence-electron chi connectivity index (χ0n) is 15.8. The van der Waals surface area contributed by atoms with Crippen molar-refractivity contribution in [2.45, 2.75) is 70.8 Å². The van der Waals surface area contributed by atoms with Crippen molar-refractivity contribution >= 4 is 11.9 Å². The molecule has 3 N–H and O–H groups in total. The molecule has 144 valence electrons. The lowest BCUT2D eigenvalue weighted by atomic mass is 9.95. The number of aliphatic imine (C=N–C) groups is 1. The van der Waals surface area contributed by atoms with Crippen LogP contribution in [-0.2, 0) is 9.53 Å². The van der Waals surface area contributed by atoms with E-state index >= 15 is 0 Å². The van der Waals surface area contributed by atoms with E-state index in [-0.39, 0.29) is 5.91 Å². The second kappa shape index (κ2) is 12.1. The molecule has 0 aliphatic heterocycles. The van der Waals surface area contributed by atoms with Crippen molar-refractivity contribution in [1.29, 1.82) is 0 Å². The molecule has 0 saturated heterocycles. The van der Waals surface area contributed by atoms with E-state index in [2.05, 4.69) is 20.9 Å². The van der Waals surface area contributed by atoms with Crippen LogP contribution in [0.2, 0.25) is 0 Å². The molecule has 2 aliphatic rings. The van der Waals surface area contributed by atoms with E-state index in [0.717, 1.165) is 57.4 Å². The van der Waals surface area contributed by atoms with Gasteiger partial charge in [-0.2, -0.15) is 0 Å². The van der Waals surface area contributed by atoms with Crippen LogP contribution in [-0.4, -0.2) is 50.8 Å². The molecule has 25 heavy (non-hydrogen) atoms. The van der Waals surface area contributed by atoms with E-state index < -0.39 is 0 Å². The quantitative estimate of drug-likeness (QED) is 0.303. The Morgan fingerprint density at radius 3 is 2.64 bits per heavy atom. The molecule has 0 aromatic rings. The van der Waals surface area contributed by atoms with E-state index in [1.54, 1.807) is 0 Å². The van der Waals surface area contributed by atoms with Gasteiger partial charge in [0.2, 0.25) is 5.91 Å². The van der Waals surface area contributed by atoms with Crippen molar-refractivity contribution in [1.82, 2.24) is 16.0 Å². The molecule has 2 aliphatic carbocycles. The van der Waals surface area contributed by atoms with Crippen LogP contribution in [0.4, 0.5) is 0 Å². The van der Waals surface area contributed by atoms with Crippen LogP contribution >= 0.6 is 0 Å². The highest BCUT2D eigenvalue weighted by Crippen LogP contribution is 2.28. The SMILES string of the molecule is CCNC(=NCCCOCC1CC1)NCCC(=O)NC1CCCCC1. The Hall–Kier alpha value is -1.30. The highest BCUT2D eigenvalue weighted by molar-refractivity contribution is 5.81. The molecule has 2 rings (SSSR count). The molecule has 0 bridgehead atoms. The number of hydrogen-bond acceptors (Lipinski definition) is 3. The van der Waals surface area contributed by atoms with Gasteiger partial charge in [-0.25, -0.2) is 0 Å². The Labute approximate surface area is 152 Å². The number of guanidine groups is 1. The predicted molar refractivity (Wildman–Crippen MR) is 102 cm³/mol. The van der Waals surface area contributed by atoms with E-state index in [4.69, 9.17) is 4.74 Å². The predicted octanol–water partition coefficient (Wildman–Crippen LogP) is 2.20. The third kappa shape index (κ3) is 9.68. The number of hydrogen-bond donors (Lipinski definition) is 3. The first-order chi connectivity index (χ1) is 12.3. The highest BCUT2D eigenvalue weighted by Gasteiger charge is 2.20. The molecule has 2 fully saturated rings. The Morgan fingerprint density at radius 1 is 1.12 bits per heavy atom. The van der Waals surface area contributed by atoms with E-state index in [0.29, 0.717) is 19.0 Å². The summed E-state index contributed by atoms with van der Waals surface area (Å²) in [7, 11) is 0. The molecular weight excluding hydrogens is 316 g/mol. The monoisotopic (exact) mass is 352 g/mol. The Balaban J connectivity index is 1.53. The molecule has 0 radical (unpaired) electrons. The summed E-state index contributed by atoms with van der Waals surface area (Å²) in [6, 6.07) is 0.388. The molecule has 0 atom stereocenters. The van der Waals surface area contributed by atoms with Gasteiger partial charge in [-0.15, -0.1) is 0 Å². The molecule has 6 heteroatoms. The van der Waals surface area contributed by atoms with Gasteiger partial charge in [0.15, 0.2) is 5.96 Å². The normalized spacial score (nSPS) is 18.8. The molecular formula is C19H36N4O2. The maximum absolute atomic E-state index is 12.0. The van der Waals surface area contributed by atoms with E-state index in [1.165, 1.54) is 32.1 Å². The van der Waals surface area contributed by atoms with Gasteiger partial charge in [0.05, 0.1) is 0 Å². The van der Waals surface area contributed by atoms with Crippen LogP contribution in [0, 0.1) is 5.92 Å². The first kappa shape index (κ1) is 20.0. The van der Waals surface area contributed by atoms with Crippen molar-refractivity contribution in [2.24, 2.45) is 10.9 Å². The van der Waals surface area contributed by atoms with Crippen LogP contribution in [0.1, 0.15) is 64.7 Å². The van der Waals surface area contributed by atoms with E-state index in [1.807, 2.05) is 6.92 Å². The lowest BCUT2D eigenvalue weighted by Crippen LogP contribution is -2.41. The molecule has 2 saturated carbocycles. The maximum atomic E-state index is 12.0. The van der Waals surface area contributed by atoms with Crippen LogP contribution < -0.4 is 16.0 Å². The van der Waals surface area contributed by atoms with Crippen LogP contribution in [0.5, 0.6) is 0 Å². The highest BCUT2D eigenvalue weighted by atomic mass is 16.5. The summed E-state index contributed by atoms with van der Waals surface area (Å²) in [4.78, 5) is 16.6. The minimum Gasteiger partial charge on any atom is -0.381 e. The summed E-state index contributed by atoms with van der Waals surface area (Å²) in [5.41, 5.74) is 0. The van der Waals surface area contributed by atoms with Gasteiger partial charge >= 0.3 is 0 Å². The molecule has 0 aromatic heterocycles. The van der Waals surface area contributed by atoms with Gasteiger partial charge < -0.3 is 20.7 Å². The number of amides is 1. The minimum atomic E-state index is 0.142. The van der Waals surface area contributed by atoms with Gasteiger partial charge in [0, 0.05) is 45.3 Å². The Morgan fingerprint density at radius 2 is 1.92 bits per heavy atom. The lowest BCUT2D eigenvalue weighted by Gasteiger charge is -2.22. The topological polar surface area (TPSA) is 74.8 Å². The molecule has 1 amide bonds. The second-order valence-corrected chi connectivity index (χ2v) is 7.21. The zero-order valence-corrected chi connectivity index (χ0v) is 15.8. The summed E-state index contributed by atoms with van der Waals surface area (Å²) >= 11 is 0. The smallest absolute Gasteiger partial charge is 0.221 e. The van der Waals surface area contributed by atoms with Gasteiger partial charge in [-0.1, -0.05) is 19.3 Å².